The predicted octanol–water partition coefficient (Wildman–Crippen LogP) is 0.336. The summed E-state index contributed by atoms with van der Waals surface area (Å²) >= 11 is 0. The van der Waals surface area contributed by atoms with Crippen LogP contribution in [0.25, 0.3) is 10.9 Å². The summed E-state index contributed by atoms with van der Waals surface area (Å²) < 4.78 is 0. The monoisotopic (exact) mass is 257 g/mol. The van der Waals surface area contributed by atoms with E-state index in [0.29, 0.717) is 10.9 Å². The van der Waals surface area contributed by atoms with Crippen molar-refractivity contribution >= 4 is 34.3 Å². The van der Waals surface area contributed by atoms with Crippen LogP contribution in [0.4, 0.5) is 5.69 Å². The molecular formula is C12H7N3O4. The molecule has 19 heavy (non-hydrogen) atoms. The maximum absolute atomic E-state index is 11.9. The van der Waals surface area contributed by atoms with Crippen LogP contribution in [0, 0.1) is 0 Å². The molecular weight excluding hydrogens is 250 g/mol. The van der Waals surface area contributed by atoms with Crippen molar-refractivity contribution in [2.45, 2.75) is 0 Å². The number of carboxylic acids is 1. The van der Waals surface area contributed by atoms with Gasteiger partial charge in [-0.3, -0.25) is 14.6 Å². The number of aromatic carboxylic acids is 1. The predicted molar refractivity (Wildman–Crippen MR) is 64.7 cm³/mol. The number of pyridine rings is 1. The van der Waals surface area contributed by atoms with Crippen LogP contribution in [0.5, 0.6) is 0 Å². The van der Waals surface area contributed by atoms with Crippen molar-refractivity contribution < 1.29 is 19.5 Å². The average Bonchev–Trinajstić information content (AvgIpc) is 2.63. The minimum atomic E-state index is -1.12. The molecule has 2 heterocycles. The Bertz CT molecular complexity index is 769. The summed E-state index contributed by atoms with van der Waals surface area (Å²) in [6, 6.07) is 4.18. The maximum Gasteiger partial charge on any atom is 0.335 e. The Balaban J connectivity index is 2.39. The van der Waals surface area contributed by atoms with Crippen LogP contribution in [-0.2, 0) is 4.79 Å². The van der Waals surface area contributed by atoms with Gasteiger partial charge in [-0.05, 0) is 18.2 Å². The maximum atomic E-state index is 11.9. The van der Waals surface area contributed by atoms with Crippen LogP contribution in [0.15, 0.2) is 24.4 Å². The van der Waals surface area contributed by atoms with Gasteiger partial charge in [-0.25, -0.2) is 15.6 Å². The number of anilines is 1. The molecule has 0 atom stereocenters. The van der Waals surface area contributed by atoms with Gasteiger partial charge in [-0.2, -0.15) is 0 Å². The van der Waals surface area contributed by atoms with Crippen molar-refractivity contribution in [3.05, 3.63) is 35.5 Å². The lowest BCUT2D eigenvalue weighted by Gasteiger charge is -2.08. The molecule has 1 aromatic heterocycles. The number of rotatable bonds is 1. The van der Waals surface area contributed by atoms with Crippen LogP contribution in [0.2, 0.25) is 0 Å². The Morgan fingerprint density at radius 3 is 2.74 bits per heavy atom. The Hall–Kier alpha value is -2.80. The van der Waals surface area contributed by atoms with Gasteiger partial charge < -0.3 is 5.11 Å². The number of aromatic nitrogens is 1. The summed E-state index contributed by atoms with van der Waals surface area (Å²) in [6.45, 7) is 0. The Morgan fingerprint density at radius 1 is 1.32 bits per heavy atom. The SMILES string of the molecule is NN1C(=O)C(=O)c2c1cnc1ccc(C(=O)O)cc21. The van der Waals surface area contributed by atoms with Gasteiger partial charge in [0.05, 0.1) is 28.5 Å². The summed E-state index contributed by atoms with van der Waals surface area (Å²) in [6.07, 6.45) is 1.32. The third-order valence-corrected chi connectivity index (χ3v) is 2.99. The minimum absolute atomic E-state index is 0.0124. The molecule has 94 valence electrons. The highest BCUT2D eigenvalue weighted by molar-refractivity contribution is 6.53. The topological polar surface area (TPSA) is 114 Å². The second kappa shape index (κ2) is 3.59. The number of nitrogens with two attached hydrogens (primary N) is 1. The molecule has 0 unspecified atom stereocenters. The Labute approximate surface area is 106 Å². The van der Waals surface area contributed by atoms with Crippen molar-refractivity contribution in [1.29, 1.82) is 0 Å². The van der Waals surface area contributed by atoms with Gasteiger partial charge in [0.25, 0.3) is 5.78 Å². The van der Waals surface area contributed by atoms with Gasteiger partial charge in [0.1, 0.15) is 0 Å². The lowest BCUT2D eigenvalue weighted by molar-refractivity contribution is -0.114. The molecule has 0 radical (unpaired) electrons. The summed E-state index contributed by atoms with van der Waals surface area (Å²) in [5.74, 6) is 2.74. The van der Waals surface area contributed by atoms with E-state index in [9.17, 15) is 14.4 Å². The number of amides is 1. The van der Waals surface area contributed by atoms with Gasteiger partial charge in [-0.15, -0.1) is 0 Å². The van der Waals surface area contributed by atoms with E-state index >= 15 is 0 Å². The lowest BCUT2D eigenvalue weighted by atomic mass is 10.0. The number of benzene rings is 1. The number of nitrogens with zero attached hydrogens (tertiary/aromatic N) is 2. The van der Waals surface area contributed by atoms with Gasteiger partial charge in [0.15, 0.2) is 0 Å². The van der Waals surface area contributed by atoms with Crippen molar-refractivity contribution in [2.24, 2.45) is 5.84 Å². The second-order valence-electron chi connectivity index (χ2n) is 4.06. The number of fused-ring (bicyclic) bond motifs is 3. The van der Waals surface area contributed by atoms with Crippen LogP contribution < -0.4 is 10.9 Å². The number of carbonyl (C=O) groups excluding carboxylic acids is 2. The first-order valence-corrected chi connectivity index (χ1v) is 5.30. The third-order valence-electron chi connectivity index (χ3n) is 2.99. The highest BCUT2D eigenvalue weighted by Gasteiger charge is 2.36. The van der Waals surface area contributed by atoms with Crippen molar-refractivity contribution in [1.82, 2.24) is 4.98 Å². The minimum Gasteiger partial charge on any atom is -0.478 e. The summed E-state index contributed by atoms with van der Waals surface area (Å²) in [5.41, 5.74) is 0.726. The molecule has 7 nitrogen and oxygen atoms in total. The molecule has 0 saturated heterocycles. The van der Waals surface area contributed by atoms with Crippen molar-refractivity contribution in [3.63, 3.8) is 0 Å². The molecule has 3 N–H and O–H groups in total. The van der Waals surface area contributed by atoms with E-state index in [-0.39, 0.29) is 16.8 Å². The van der Waals surface area contributed by atoms with Crippen LogP contribution >= 0.6 is 0 Å². The highest BCUT2D eigenvalue weighted by Crippen LogP contribution is 2.32. The molecule has 0 aliphatic carbocycles. The molecule has 1 amide bonds. The zero-order valence-corrected chi connectivity index (χ0v) is 9.45. The first-order valence-electron chi connectivity index (χ1n) is 5.30. The number of carbonyl (C=O) groups is 3. The third kappa shape index (κ3) is 1.42. The van der Waals surface area contributed by atoms with Gasteiger partial charge in [0.2, 0.25) is 0 Å². The number of carboxylic acid groups (broad SMARTS) is 1. The molecule has 2 aromatic rings. The molecule has 1 aliphatic heterocycles. The molecule has 1 aliphatic rings. The van der Waals surface area contributed by atoms with E-state index in [1.54, 1.807) is 0 Å². The standard InChI is InChI=1S/C12H7N3O4/c13-15-8-4-14-7-2-1-5(12(18)19)3-6(7)9(8)10(16)11(15)17/h1-4H,13H2,(H,18,19). The van der Waals surface area contributed by atoms with E-state index in [0.717, 1.165) is 5.01 Å². The van der Waals surface area contributed by atoms with Gasteiger partial charge in [0, 0.05) is 5.39 Å². The van der Waals surface area contributed by atoms with Crippen LogP contribution in [0.1, 0.15) is 20.7 Å². The largest absolute Gasteiger partial charge is 0.478 e. The second-order valence-corrected chi connectivity index (χ2v) is 4.06. The van der Waals surface area contributed by atoms with E-state index in [1.165, 1.54) is 24.4 Å². The molecule has 0 spiro atoms. The molecule has 3 rings (SSSR count). The fraction of sp³-hybridized carbons (Fsp3) is 0. The summed E-state index contributed by atoms with van der Waals surface area (Å²) in [4.78, 5) is 38.4. The van der Waals surface area contributed by atoms with E-state index in [4.69, 9.17) is 10.9 Å². The number of hydrazine groups is 1. The quantitative estimate of drug-likeness (QED) is 0.432. The van der Waals surface area contributed by atoms with Crippen LogP contribution in [0.3, 0.4) is 0 Å². The summed E-state index contributed by atoms with van der Waals surface area (Å²) in [7, 11) is 0. The number of hydrogen-bond acceptors (Lipinski definition) is 5. The van der Waals surface area contributed by atoms with Crippen molar-refractivity contribution in [3.8, 4) is 0 Å². The average molecular weight is 257 g/mol. The molecule has 0 bridgehead atoms. The fourth-order valence-corrected chi connectivity index (χ4v) is 2.06. The van der Waals surface area contributed by atoms with E-state index < -0.39 is 17.7 Å². The first kappa shape index (κ1) is 11.3. The first-order chi connectivity index (χ1) is 9.00. The zero-order chi connectivity index (χ0) is 13.7. The Morgan fingerprint density at radius 2 is 2.05 bits per heavy atom. The zero-order valence-electron chi connectivity index (χ0n) is 9.45. The molecule has 7 heteroatoms. The van der Waals surface area contributed by atoms with E-state index in [1.807, 2.05) is 0 Å². The summed E-state index contributed by atoms with van der Waals surface area (Å²) in [5, 5.41) is 9.98. The fourth-order valence-electron chi connectivity index (χ4n) is 2.06. The van der Waals surface area contributed by atoms with E-state index in [2.05, 4.69) is 4.98 Å². The number of ketones is 1. The molecule has 0 fully saturated rings. The lowest BCUT2D eigenvalue weighted by Crippen LogP contribution is -2.36. The van der Waals surface area contributed by atoms with Crippen molar-refractivity contribution in [2.75, 3.05) is 5.01 Å². The highest BCUT2D eigenvalue weighted by atomic mass is 16.4. The molecule has 1 aromatic carbocycles. The van der Waals surface area contributed by atoms with Crippen LogP contribution in [-0.4, -0.2) is 27.8 Å². The van der Waals surface area contributed by atoms with Gasteiger partial charge >= 0.3 is 11.9 Å². The normalized spacial score (nSPS) is 14.1. The number of Topliss-reactive ketones (excluding diaryl/α,β-unsaturated/α-hetero) is 1. The Kier molecular flexibility index (Phi) is 2.14. The van der Waals surface area contributed by atoms with Gasteiger partial charge in [-0.1, -0.05) is 0 Å². The smallest absolute Gasteiger partial charge is 0.335 e. The number of hydrogen-bond donors (Lipinski definition) is 2. The molecule has 0 saturated carbocycles.